The molecule has 0 radical (unpaired) electrons. The number of hydrogen-bond donors (Lipinski definition) is 2. The Morgan fingerprint density at radius 1 is 0.625 bits per heavy atom. The number of rotatable bonds is 17. The fraction of sp³-hybridized carbons (Fsp3) is 0.250. The predicted octanol–water partition coefficient (Wildman–Crippen LogP) is 9.65. The van der Waals surface area contributed by atoms with Crippen molar-refractivity contribution in [2.24, 2.45) is 0 Å². The van der Waals surface area contributed by atoms with E-state index in [1.807, 2.05) is 18.2 Å². The fourth-order valence-electron chi connectivity index (χ4n) is 3.56. The van der Waals surface area contributed by atoms with Crippen molar-refractivity contribution in [2.45, 2.75) is 58.3 Å². The van der Waals surface area contributed by atoms with E-state index in [1.165, 1.54) is 6.07 Å². The lowest BCUT2D eigenvalue weighted by atomic mass is 10.1. The third-order valence-corrected chi connectivity index (χ3v) is 5.62. The maximum Gasteiger partial charge on any atom is 0.311 e. The van der Waals surface area contributed by atoms with Gasteiger partial charge in [-0.25, -0.2) is 0 Å². The summed E-state index contributed by atoms with van der Waals surface area (Å²) in [5.74, 6) is 0.178. The van der Waals surface area contributed by atoms with Crippen LogP contribution in [0.3, 0.4) is 0 Å². The Bertz CT molecular complexity index is 1210. The molecular weight excluding hydrogens is 496 g/mol. The van der Waals surface area contributed by atoms with Gasteiger partial charge in [0.2, 0.25) is 0 Å². The number of hydrogen-bond acceptors (Lipinski definition) is 4. The zero-order valence-electron chi connectivity index (χ0n) is 23.5. The lowest BCUT2D eigenvalue weighted by Gasteiger charge is -2.06. The Morgan fingerprint density at radius 3 is 1.68 bits per heavy atom. The highest BCUT2D eigenvalue weighted by atomic mass is 16.5. The molecule has 0 heterocycles. The number of allylic oxidation sites excluding steroid dienone is 12. The maximum absolute atomic E-state index is 12.2. The smallest absolute Gasteiger partial charge is 0.311 e. The van der Waals surface area contributed by atoms with Gasteiger partial charge in [0, 0.05) is 12.5 Å². The molecule has 0 aliphatic heterocycles. The first-order valence-corrected chi connectivity index (χ1v) is 14.0. The van der Waals surface area contributed by atoms with E-state index in [1.54, 1.807) is 42.5 Å². The molecule has 0 spiro atoms. The van der Waals surface area contributed by atoms with Gasteiger partial charge in [0.1, 0.15) is 17.2 Å². The van der Waals surface area contributed by atoms with Crippen LogP contribution in [0.15, 0.2) is 115 Å². The molecule has 0 saturated carbocycles. The SMILES string of the molecule is CCC=CCC=CCC=CCC=CCC=CCC=CCCC(=O)Oc1cc(O)cc(C=Cc2ccc(O)cc2)c1. The highest BCUT2D eigenvalue weighted by Gasteiger charge is 2.06. The third kappa shape index (κ3) is 15.8. The summed E-state index contributed by atoms with van der Waals surface area (Å²) in [6, 6.07) is 11.5. The first kappa shape index (κ1) is 31.9. The normalized spacial score (nSPS) is 12.5. The van der Waals surface area contributed by atoms with Crippen LogP contribution in [-0.2, 0) is 4.79 Å². The molecule has 0 amide bonds. The van der Waals surface area contributed by atoms with Gasteiger partial charge in [0.15, 0.2) is 0 Å². The first-order chi connectivity index (χ1) is 19.6. The second-order valence-corrected chi connectivity index (χ2v) is 9.11. The zero-order valence-corrected chi connectivity index (χ0v) is 23.5. The second-order valence-electron chi connectivity index (χ2n) is 9.11. The summed E-state index contributed by atoms with van der Waals surface area (Å²) in [6.07, 6.45) is 36.1. The Morgan fingerprint density at radius 2 is 1.12 bits per heavy atom. The molecule has 0 saturated heterocycles. The monoisotopic (exact) mass is 538 g/mol. The minimum absolute atomic E-state index is 0.0209. The van der Waals surface area contributed by atoms with Crippen molar-refractivity contribution in [1.82, 2.24) is 0 Å². The summed E-state index contributed by atoms with van der Waals surface area (Å²) in [7, 11) is 0. The number of carbonyl (C=O) groups excluding carboxylic acids is 1. The van der Waals surface area contributed by atoms with Crippen molar-refractivity contribution in [3.8, 4) is 17.2 Å². The van der Waals surface area contributed by atoms with Gasteiger partial charge in [0.25, 0.3) is 0 Å². The lowest BCUT2D eigenvalue weighted by Crippen LogP contribution is -2.07. The Balaban J connectivity index is 1.59. The van der Waals surface area contributed by atoms with Gasteiger partial charge in [-0.15, -0.1) is 0 Å². The number of esters is 1. The number of phenols is 2. The highest BCUT2D eigenvalue weighted by Crippen LogP contribution is 2.24. The van der Waals surface area contributed by atoms with Crippen molar-refractivity contribution < 1.29 is 19.7 Å². The van der Waals surface area contributed by atoms with E-state index in [-0.39, 0.29) is 23.9 Å². The van der Waals surface area contributed by atoms with Crippen LogP contribution in [0.2, 0.25) is 0 Å². The average Bonchev–Trinajstić information content (AvgIpc) is 2.93. The van der Waals surface area contributed by atoms with E-state index in [4.69, 9.17) is 4.74 Å². The van der Waals surface area contributed by atoms with Crippen molar-refractivity contribution in [2.75, 3.05) is 0 Å². The Kier molecular flexibility index (Phi) is 16.5. The summed E-state index contributed by atoms with van der Waals surface area (Å²) >= 11 is 0. The van der Waals surface area contributed by atoms with Crippen LogP contribution in [0, 0.1) is 0 Å². The molecule has 0 fully saturated rings. The molecule has 4 nitrogen and oxygen atoms in total. The molecule has 0 aromatic heterocycles. The van der Waals surface area contributed by atoms with Crippen LogP contribution < -0.4 is 4.74 Å². The minimum atomic E-state index is -0.349. The topological polar surface area (TPSA) is 66.8 Å². The standard InChI is InChI=1S/C36H42O4/c1-2-3-4-5-6-7-8-9-10-11-12-13-14-15-16-17-18-19-20-21-36(39)40-35-29-32(28-34(38)30-35)23-22-31-24-26-33(37)27-25-31/h3-4,6-7,9-10,12-13,15-16,18-19,22-30,37-38H,2,5,8,11,14,17,20-21H2,1H3. The second kappa shape index (κ2) is 20.6. The number of aromatic hydroxyl groups is 2. The molecule has 0 unspecified atom stereocenters. The van der Waals surface area contributed by atoms with E-state index in [9.17, 15) is 15.0 Å². The maximum atomic E-state index is 12.2. The Labute approximate surface area is 239 Å². The van der Waals surface area contributed by atoms with Gasteiger partial charge in [0.05, 0.1) is 0 Å². The summed E-state index contributed by atoms with van der Waals surface area (Å²) in [5, 5.41) is 19.4. The van der Waals surface area contributed by atoms with Gasteiger partial charge >= 0.3 is 5.97 Å². The first-order valence-electron chi connectivity index (χ1n) is 14.0. The third-order valence-electron chi connectivity index (χ3n) is 5.62. The van der Waals surface area contributed by atoms with E-state index in [2.05, 4.69) is 67.7 Å². The Hall–Kier alpha value is -4.31. The molecule has 0 aliphatic rings. The van der Waals surface area contributed by atoms with Gasteiger partial charge in [-0.3, -0.25) is 4.79 Å². The summed E-state index contributed by atoms with van der Waals surface area (Å²) in [6.45, 7) is 2.15. The molecule has 0 bridgehead atoms. The van der Waals surface area contributed by atoms with E-state index in [0.717, 1.165) is 44.1 Å². The molecule has 4 heteroatoms. The van der Waals surface area contributed by atoms with Gasteiger partial charge < -0.3 is 14.9 Å². The van der Waals surface area contributed by atoms with Crippen LogP contribution in [0.1, 0.15) is 69.4 Å². The van der Waals surface area contributed by atoms with Crippen LogP contribution >= 0.6 is 0 Å². The molecule has 40 heavy (non-hydrogen) atoms. The van der Waals surface area contributed by atoms with Crippen molar-refractivity contribution in [3.05, 3.63) is 127 Å². The van der Waals surface area contributed by atoms with Crippen LogP contribution in [0.5, 0.6) is 17.2 Å². The van der Waals surface area contributed by atoms with Crippen molar-refractivity contribution in [1.29, 1.82) is 0 Å². The van der Waals surface area contributed by atoms with Crippen LogP contribution in [-0.4, -0.2) is 16.2 Å². The molecule has 210 valence electrons. The summed E-state index contributed by atoms with van der Waals surface area (Å²) < 4.78 is 5.41. The zero-order chi connectivity index (χ0) is 28.7. The van der Waals surface area contributed by atoms with Crippen LogP contribution in [0.4, 0.5) is 0 Å². The quantitative estimate of drug-likeness (QED) is 0.0910. The molecule has 0 aliphatic carbocycles. The molecule has 2 aromatic rings. The molecule has 2 rings (SSSR count). The van der Waals surface area contributed by atoms with Gasteiger partial charge in [-0.05, 0) is 80.3 Å². The van der Waals surface area contributed by atoms with Crippen LogP contribution in [0.25, 0.3) is 12.2 Å². The summed E-state index contributed by atoms with van der Waals surface area (Å²) in [4.78, 5) is 12.2. The van der Waals surface area contributed by atoms with Gasteiger partial charge in [-0.2, -0.15) is 0 Å². The number of benzene rings is 2. The molecule has 0 atom stereocenters. The highest BCUT2D eigenvalue weighted by molar-refractivity contribution is 5.74. The molecule has 2 aromatic carbocycles. The van der Waals surface area contributed by atoms with E-state index < -0.39 is 0 Å². The number of ether oxygens (including phenoxy) is 1. The van der Waals surface area contributed by atoms with E-state index in [0.29, 0.717) is 17.7 Å². The lowest BCUT2D eigenvalue weighted by molar-refractivity contribution is -0.134. The van der Waals surface area contributed by atoms with E-state index >= 15 is 0 Å². The van der Waals surface area contributed by atoms with Crippen molar-refractivity contribution >= 4 is 18.1 Å². The van der Waals surface area contributed by atoms with Gasteiger partial charge in [-0.1, -0.05) is 104 Å². The summed E-state index contributed by atoms with van der Waals surface area (Å²) in [5.41, 5.74) is 1.60. The van der Waals surface area contributed by atoms with Crippen molar-refractivity contribution in [3.63, 3.8) is 0 Å². The fourth-order valence-corrected chi connectivity index (χ4v) is 3.56. The number of carbonyl (C=O) groups is 1. The predicted molar refractivity (Wildman–Crippen MR) is 168 cm³/mol. The molecule has 2 N–H and O–H groups in total. The minimum Gasteiger partial charge on any atom is -0.508 e. The molecular formula is C36H42O4. The number of phenolic OH excluding ortho intramolecular Hbond substituents is 2. The average molecular weight is 539 g/mol. The largest absolute Gasteiger partial charge is 0.508 e.